The van der Waals surface area contributed by atoms with E-state index < -0.39 is 91.5 Å². The fourth-order valence-corrected chi connectivity index (χ4v) is 7.36. The quantitative estimate of drug-likeness (QED) is 0.0466. The molecule has 2 aliphatic rings. The number of carbonyl (C=O) groups is 5. The van der Waals surface area contributed by atoms with Crippen LogP contribution in [0.1, 0.15) is 36.8 Å². The van der Waals surface area contributed by atoms with Crippen LogP contribution in [0.5, 0.6) is 11.5 Å². The molecule has 5 rings (SSSR count). The van der Waals surface area contributed by atoms with Gasteiger partial charge < -0.3 is 46.6 Å². The minimum atomic E-state index is -1.85. The van der Waals surface area contributed by atoms with Gasteiger partial charge in [0.05, 0.1) is 27.5 Å². The second-order valence-corrected chi connectivity index (χ2v) is 13.8. The number of hydrogen-bond donors (Lipinski definition) is 7. The van der Waals surface area contributed by atoms with E-state index in [2.05, 4.69) is 15.5 Å². The van der Waals surface area contributed by atoms with E-state index in [0.29, 0.717) is 0 Å². The Kier molecular flexibility index (Phi) is 9.58. The van der Waals surface area contributed by atoms with Crippen LogP contribution in [0.25, 0.3) is 10.9 Å². The number of hydrogen-bond acceptors (Lipinski definition) is 15. The predicted octanol–water partition coefficient (Wildman–Crippen LogP) is 0.657. The van der Waals surface area contributed by atoms with Crippen molar-refractivity contribution in [3.05, 3.63) is 55.4 Å². The van der Waals surface area contributed by atoms with Gasteiger partial charge in [0.25, 0.3) is 11.8 Å². The number of benzene rings is 1. The summed E-state index contributed by atoms with van der Waals surface area (Å²) in [5.41, 5.74) is 7.45. The number of nitrogens with one attached hydrogen (secondary N) is 1. The number of halogens is 1. The number of thioether (sulfide) groups is 1. The molecule has 0 radical (unpaired) electrons. The number of oxime groups is 1. The van der Waals surface area contributed by atoms with Crippen LogP contribution in [-0.4, -0.2) is 98.9 Å². The summed E-state index contributed by atoms with van der Waals surface area (Å²) in [5, 5.41) is 45.5. The fourth-order valence-electron chi connectivity index (χ4n) is 5.13. The van der Waals surface area contributed by atoms with E-state index in [1.165, 1.54) is 30.0 Å². The van der Waals surface area contributed by atoms with Crippen LogP contribution in [0.3, 0.4) is 0 Å². The Morgan fingerprint density at radius 2 is 1.92 bits per heavy atom. The van der Waals surface area contributed by atoms with Crippen molar-refractivity contribution in [3.8, 4) is 11.5 Å². The first-order valence-corrected chi connectivity index (χ1v) is 16.7. The molecule has 50 heavy (non-hydrogen) atoms. The summed E-state index contributed by atoms with van der Waals surface area (Å²) in [7, 11) is 0. The number of pyridine rings is 1. The van der Waals surface area contributed by atoms with Crippen molar-refractivity contribution >= 4 is 86.0 Å². The van der Waals surface area contributed by atoms with Crippen LogP contribution in [0.4, 0.5) is 5.13 Å². The van der Waals surface area contributed by atoms with E-state index in [9.17, 15) is 49.2 Å². The molecular weight excluding hydrogens is 722 g/mol. The molecule has 0 saturated carbocycles. The zero-order valence-corrected chi connectivity index (χ0v) is 28.6. The summed E-state index contributed by atoms with van der Waals surface area (Å²) in [4.78, 5) is 87.9. The zero-order chi connectivity index (χ0) is 37.0. The molecule has 1 fully saturated rings. The maximum atomic E-state index is 13.7. The van der Waals surface area contributed by atoms with Gasteiger partial charge in [0.15, 0.2) is 28.1 Å². The van der Waals surface area contributed by atoms with E-state index in [1.54, 1.807) is 6.92 Å². The maximum Gasteiger partial charge on any atom is 0.352 e. The van der Waals surface area contributed by atoms with E-state index >= 15 is 0 Å². The van der Waals surface area contributed by atoms with Gasteiger partial charge >= 0.3 is 11.9 Å². The summed E-state index contributed by atoms with van der Waals surface area (Å²) in [6.07, 6.45) is 1.18. The number of nitrogens with two attached hydrogens (primary N) is 2. The molecule has 2 aromatic heterocycles. The van der Waals surface area contributed by atoms with E-state index in [4.69, 9.17) is 27.9 Å². The number of thiazole rings is 1. The largest absolute Gasteiger partial charge is 0.504 e. The van der Waals surface area contributed by atoms with Gasteiger partial charge in [-0.3, -0.25) is 24.1 Å². The highest BCUT2D eigenvalue weighted by molar-refractivity contribution is 8.00. The summed E-state index contributed by atoms with van der Waals surface area (Å²) in [5.74, 6) is -7.45. The van der Waals surface area contributed by atoms with Gasteiger partial charge in [-0.15, -0.1) is 23.1 Å². The number of nitrogens with zero attached hydrogens (tertiary/aromatic N) is 4. The number of nitrogen functional groups attached to an aromatic ring is 1. The number of aromatic hydroxyl groups is 2. The molecule has 0 spiro atoms. The number of carboxylic acids is 2. The Bertz CT molecular complexity index is 2130. The third-order valence-corrected chi connectivity index (χ3v) is 10.2. The number of aliphatic carboxylic acids is 2. The van der Waals surface area contributed by atoms with Gasteiger partial charge in [0.2, 0.25) is 11.0 Å². The smallest absolute Gasteiger partial charge is 0.352 e. The van der Waals surface area contributed by atoms with E-state index in [1.807, 2.05) is 0 Å². The minimum absolute atomic E-state index is 0.0548. The summed E-state index contributed by atoms with van der Waals surface area (Å²) < 4.78 is 1.41. The molecule has 2 aliphatic heterocycles. The third-order valence-electron chi connectivity index (χ3n) is 7.88. The first-order valence-electron chi connectivity index (χ1n) is 14.4. The van der Waals surface area contributed by atoms with Crippen molar-refractivity contribution in [1.82, 2.24) is 19.8 Å². The Morgan fingerprint density at radius 1 is 1.24 bits per heavy atom. The van der Waals surface area contributed by atoms with Gasteiger partial charge in [-0.1, -0.05) is 16.8 Å². The maximum absolute atomic E-state index is 13.7. The van der Waals surface area contributed by atoms with Crippen molar-refractivity contribution in [2.75, 3.05) is 11.5 Å². The van der Waals surface area contributed by atoms with Crippen LogP contribution >= 0.6 is 34.7 Å². The van der Waals surface area contributed by atoms with Gasteiger partial charge in [0.1, 0.15) is 22.8 Å². The van der Waals surface area contributed by atoms with Crippen LogP contribution in [0.2, 0.25) is 5.02 Å². The van der Waals surface area contributed by atoms with Gasteiger partial charge in [-0.2, -0.15) is 0 Å². The number of aryl methyl sites for hydroxylation is 1. The molecule has 18 nitrogen and oxygen atoms in total. The number of Topliss-reactive ketones (excluding diaryl/α,β-unsaturated/α-hetero) is 1. The Labute approximate surface area is 293 Å². The number of ketones is 1. The van der Waals surface area contributed by atoms with E-state index in [0.717, 1.165) is 34.1 Å². The molecule has 3 aromatic rings. The normalized spacial score (nSPS) is 18.4. The highest BCUT2D eigenvalue weighted by Crippen LogP contribution is 2.42. The Hall–Kier alpha value is -5.18. The van der Waals surface area contributed by atoms with Gasteiger partial charge in [0, 0.05) is 29.9 Å². The van der Waals surface area contributed by atoms with Crippen LogP contribution < -0.4 is 22.2 Å². The molecule has 3 atom stereocenters. The van der Waals surface area contributed by atoms with Crippen molar-refractivity contribution in [2.24, 2.45) is 10.9 Å². The average Bonchev–Trinajstić information content (AvgIpc) is 3.50. The topological polar surface area (TPSA) is 290 Å². The molecule has 2 amide bonds. The molecule has 1 aromatic carbocycles. The number of fused-ring (bicyclic) bond motifs is 2. The molecule has 264 valence electrons. The van der Waals surface area contributed by atoms with Crippen molar-refractivity contribution in [1.29, 1.82) is 0 Å². The number of phenols is 2. The number of rotatable bonds is 11. The average molecular weight is 750 g/mol. The number of carboxylic acid groups (broad SMARTS) is 2. The minimum Gasteiger partial charge on any atom is -0.504 e. The third kappa shape index (κ3) is 6.10. The van der Waals surface area contributed by atoms with Crippen molar-refractivity contribution < 1.29 is 49.2 Å². The Balaban J connectivity index is 1.45. The lowest BCUT2D eigenvalue weighted by Crippen LogP contribution is -2.71. The monoisotopic (exact) mass is 749 g/mol. The lowest BCUT2D eigenvalue weighted by Gasteiger charge is -2.49. The highest BCUT2D eigenvalue weighted by atomic mass is 35.5. The molecule has 9 N–H and O–H groups in total. The van der Waals surface area contributed by atoms with Crippen LogP contribution in [-0.2, 0) is 30.6 Å². The number of aromatic nitrogens is 2. The zero-order valence-electron chi connectivity index (χ0n) is 26.2. The summed E-state index contributed by atoms with van der Waals surface area (Å²) in [6, 6.07) is -1.92. The first kappa shape index (κ1) is 36.1. The first-order chi connectivity index (χ1) is 23.4. The Morgan fingerprint density at radius 3 is 2.50 bits per heavy atom. The number of carbonyl (C=O) groups excluding carboxylic acids is 3. The highest BCUT2D eigenvalue weighted by Gasteiger charge is 2.55. The summed E-state index contributed by atoms with van der Waals surface area (Å²) >= 11 is 8.11. The molecule has 2 unspecified atom stereocenters. The van der Waals surface area contributed by atoms with Crippen molar-refractivity contribution in [3.63, 3.8) is 0 Å². The molecule has 0 aliphatic carbocycles. The SMILES string of the molecule is CCn1cc(C(=O)C(N)C2=C(C(=O)O)N3C(=O)C(NC(=O)/C(=N\OC(C)(C)C(=O)O)c4csc(N)n4)[C@H]3SC2)c(=O)c2c(Cl)c(O)c(O)cc21. The second kappa shape index (κ2) is 13.3. The lowest BCUT2D eigenvalue weighted by atomic mass is 9.94. The number of phenolic OH excluding ortho intramolecular Hbond substituents is 2. The molecule has 21 heteroatoms. The number of anilines is 1. The predicted molar refractivity (Wildman–Crippen MR) is 180 cm³/mol. The van der Waals surface area contributed by atoms with E-state index in [-0.39, 0.29) is 39.6 Å². The second-order valence-electron chi connectivity index (χ2n) is 11.4. The number of β-lactam (4-membered cyclic amide) rings is 1. The standard InChI is InChI=1S/C29H28ClN7O11S2/c1-4-36-6-9(20(39)14-12(36)5-13(38)22(41)15(14)30)21(40)16(31)10-7-49-25-18(24(43)37(25)19(10)26(44)45)34-23(42)17(11-8-50-28(32)33-11)35-48-29(2,3)27(46)47/h5-6,8,16,18,25,38,41H,4,7,31H2,1-3H3,(H2,32,33)(H,34,42)(H,44,45)(H,46,47)/b35-17-/t16?,18?,25-/m1/s1. The fraction of sp³-hybridized carbons (Fsp3) is 0.310. The van der Waals surface area contributed by atoms with Crippen LogP contribution in [0.15, 0.2) is 38.9 Å². The van der Waals surface area contributed by atoms with Crippen LogP contribution in [0, 0.1) is 0 Å². The molecule has 1 saturated heterocycles. The van der Waals surface area contributed by atoms with Gasteiger partial charge in [-0.25, -0.2) is 14.6 Å². The van der Waals surface area contributed by atoms with Gasteiger partial charge in [-0.05, 0) is 26.3 Å². The van der Waals surface area contributed by atoms with Crippen molar-refractivity contribution in [2.45, 2.75) is 50.4 Å². The molecule has 0 bridgehead atoms. The molecular formula is C29H28ClN7O11S2. The lowest BCUT2D eigenvalue weighted by molar-refractivity contribution is -0.161. The number of amides is 2. The summed E-state index contributed by atoms with van der Waals surface area (Å²) in [6.45, 7) is 4.24. The molecule has 4 heterocycles.